The first-order chi connectivity index (χ1) is 6.40. The number of hydrogen-bond acceptors (Lipinski definition) is 4. The molecule has 0 atom stereocenters. The van der Waals surface area contributed by atoms with Crippen molar-refractivity contribution in [1.29, 1.82) is 0 Å². The number of aromatic amines is 1. The van der Waals surface area contributed by atoms with Crippen LogP contribution in [0.2, 0.25) is 0 Å². The van der Waals surface area contributed by atoms with E-state index in [0.29, 0.717) is 5.82 Å². The Balaban J connectivity index is 0.000000980. The Morgan fingerprint density at radius 3 is 2.67 bits per heavy atom. The molecule has 0 aliphatic heterocycles. The Morgan fingerprint density at radius 2 is 2.07 bits per heavy atom. The van der Waals surface area contributed by atoms with E-state index in [-0.39, 0.29) is 24.8 Å². The molecule has 0 spiro atoms. The molecule has 0 aliphatic carbocycles. The maximum atomic E-state index is 3.87. The van der Waals surface area contributed by atoms with E-state index in [2.05, 4.69) is 41.1 Å². The zero-order valence-electron chi connectivity index (χ0n) is 7.35. The maximum absolute atomic E-state index is 3.87. The van der Waals surface area contributed by atoms with Crippen molar-refractivity contribution >= 4 is 46.6 Å². The molecule has 2 rings (SSSR count). The fourth-order valence-corrected chi connectivity index (χ4v) is 1.25. The third-order valence-electron chi connectivity index (χ3n) is 1.58. The van der Waals surface area contributed by atoms with Gasteiger partial charge in [0.1, 0.15) is 0 Å². The molecule has 0 amide bonds. The molecule has 2 aromatic rings. The van der Waals surface area contributed by atoms with Crippen LogP contribution in [-0.4, -0.2) is 20.6 Å². The highest BCUT2D eigenvalue weighted by molar-refractivity contribution is 9.10. The van der Waals surface area contributed by atoms with E-state index in [1.54, 1.807) is 0 Å². The first kappa shape index (κ1) is 14.2. The molecule has 15 heavy (non-hydrogen) atoms. The minimum absolute atomic E-state index is 0. The van der Waals surface area contributed by atoms with E-state index < -0.39 is 0 Å². The summed E-state index contributed by atoms with van der Waals surface area (Å²) < 4.78 is 2.86. The van der Waals surface area contributed by atoms with Gasteiger partial charge in [-0.15, -0.1) is 35.0 Å². The number of rotatable bonds is 2. The Hall–Kier alpha value is -0.850. The third kappa shape index (κ3) is 3.33. The van der Waals surface area contributed by atoms with Gasteiger partial charge in [-0.2, -0.15) is 5.21 Å². The van der Waals surface area contributed by atoms with Crippen LogP contribution < -0.4 is 4.34 Å². The van der Waals surface area contributed by atoms with Gasteiger partial charge in [-0.05, 0) is 17.3 Å². The lowest BCUT2D eigenvalue weighted by Gasteiger charge is -1.98. The fraction of sp³-hybridized carbons (Fsp3) is 0. The predicted molar refractivity (Wildman–Crippen MR) is 66.7 cm³/mol. The Bertz CT molecular complexity index is 394. The lowest BCUT2D eigenvalue weighted by atomic mass is 10.2. The molecule has 1 heterocycles. The molecule has 0 radical (unpaired) electrons. The second kappa shape index (κ2) is 6.60. The van der Waals surface area contributed by atoms with Crippen LogP contribution in [0.15, 0.2) is 24.3 Å². The summed E-state index contributed by atoms with van der Waals surface area (Å²) >= 11 is 3.14. The summed E-state index contributed by atoms with van der Waals surface area (Å²) in [5, 5.41) is 13.6. The molecule has 0 saturated carbocycles. The van der Waals surface area contributed by atoms with E-state index in [1.165, 1.54) is 0 Å². The number of nitrogens with zero attached hydrogens (tertiary/aromatic N) is 3. The SMILES string of the molecule is BrNc1cccc(-c2nn[nH]n2)c1.Cl.Cl. The van der Waals surface area contributed by atoms with Crippen LogP contribution in [0.1, 0.15) is 0 Å². The Morgan fingerprint density at radius 1 is 1.27 bits per heavy atom. The molecular weight excluding hydrogens is 305 g/mol. The van der Waals surface area contributed by atoms with Gasteiger partial charge in [0.15, 0.2) is 0 Å². The standard InChI is InChI=1S/C7H6BrN5.2ClH/c8-9-6-3-1-2-5(4-6)7-10-12-13-11-7;;/h1-4,9H,(H,10,11,12,13);2*1H. The number of nitrogens with one attached hydrogen (secondary N) is 2. The van der Waals surface area contributed by atoms with Crippen LogP contribution >= 0.6 is 41.0 Å². The van der Waals surface area contributed by atoms with Gasteiger partial charge >= 0.3 is 0 Å². The smallest absolute Gasteiger partial charge is 0.204 e. The molecule has 0 fully saturated rings. The van der Waals surface area contributed by atoms with E-state index in [1.807, 2.05) is 24.3 Å². The molecule has 1 aromatic carbocycles. The average molecular weight is 313 g/mol. The van der Waals surface area contributed by atoms with Crippen molar-refractivity contribution in [3.05, 3.63) is 24.3 Å². The lowest BCUT2D eigenvalue weighted by molar-refractivity contribution is 0.881. The number of benzene rings is 1. The van der Waals surface area contributed by atoms with Crippen molar-refractivity contribution in [2.75, 3.05) is 4.34 Å². The molecule has 0 unspecified atom stereocenters. The number of hydrogen-bond donors (Lipinski definition) is 2. The zero-order chi connectivity index (χ0) is 9.10. The number of aromatic nitrogens is 4. The van der Waals surface area contributed by atoms with Gasteiger partial charge in [0, 0.05) is 27.4 Å². The quantitative estimate of drug-likeness (QED) is 0.836. The monoisotopic (exact) mass is 311 g/mol. The van der Waals surface area contributed by atoms with Crippen LogP contribution in [0.4, 0.5) is 5.69 Å². The molecule has 0 saturated heterocycles. The van der Waals surface area contributed by atoms with Crippen molar-refractivity contribution in [3.63, 3.8) is 0 Å². The van der Waals surface area contributed by atoms with Crippen molar-refractivity contribution < 1.29 is 0 Å². The highest BCUT2D eigenvalue weighted by atomic mass is 79.9. The first-order valence-corrected chi connectivity index (χ1v) is 4.40. The van der Waals surface area contributed by atoms with Crippen LogP contribution in [0.25, 0.3) is 11.4 Å². The van der Waals surface area contributed by atoms with Gasteiger partial charge in [-0.1, -0.05) is 12.1 Å². The van der Waals surface area contributed by atoms with Crippen LogP contribution in [-0.2, 0) is 0 Å². The normalized spacial score (nSPS) is 8.60. The van der Waals surface area contributed by atoms with Gasteiger partial charge in [0.25, 0.3) is 0 Å². The summed E-state index contributed by atoms with van der Waals surface area (Å²) in [6, 6.07) is 7.67. The van der Waals surface area contributed by atoms with Gasteiger partial charge in [0.05, 0.1) is 0 Å². The van der Waals surface area contributed by atoms with E-state index >= 15 is 0 Å². The molecule has 0 bridgehead atoms. The number of anilines is 1. The van der Waals surface area contributed by atoms with Crippen molar-refractivity contribution in [1.82, 2.24) is 20.6 Å². The summed E-state index contributed by atoms with van der Waals surface area (Å²) in [5.74, 6) is 0.588. The van der Waals surface area contributed by atoms with E-state index in [0.717, 1.165) is 11.3 Å². The minimum Gasteiger partial charge on any atom is -0.322 e. The van der Waals surface area contributed by atoms with Gasteiger partial charge < -0.3 is 4.34 Å². The lowest BCUT2D eigenvalue weighted by Crippen LogP contribution is -1.83. The van der Waals surface area contributed by atoms with Crippen molar-refractivity contribution in [2.24, 2.45) is 0 Å². The Kier molecular flexibility index (Phi) is 6.23. The highest BCUT2D eigenvalue weighted by Gasteiger charge is 2.02. The minimum atomic E-state index is 0. The largest absolute Gasteiger partial charge is 0.322 e. The predicted octanol–water partition coefficient (Wildman–Crippen LogP) is 2.43. The topological polar surface area (TPSA) is 66.5 Å². The number of halogens is 3. The summed E-state index contributed by atoms with van der Waals surface area (Å²) in [4.78, 5) is 0. The van der Waals surface area contributed by atoms with E-state index in [9.17, 15) is 0 Å². The summed E-state index contributed by atoms with van der Waals surface area (Å²) in [6.07, 6.45) is 0. The van der Waals surface area contributed by atoms with Gasteiger partial charge in [-0.25, -0.2) is 0 Å². The Labute approximate surface area is 107 Å². The molecule has 5 nitrogen and oxygen atoms in total. The van der Waals surface area contributed by atoms with Gasteiger partial charge in [-0.3, -0.25) is 0 Å². The summed E-state index contributed by atoms with van der Waals surface area (Å²) in [5.41, 5.74) is 1.86. The molecular formula is C7H8BrCl2N5. The maximum Gasteiger partial charge on any atom is 0.204 e. The average Bonchev–Trinajstić information content (AvgIpc) is 2.71. The second-order valence-corrected chi connectivity index (χ2v) is 2.81. The molecule has 8 heteroatoms. The molecule has 82 valence electrons. The molecule has 2 N–H and O–H groups in total. The van der Waals surface area contributed by atoms with Crippen molar-refractivity contribution in [2.45, 2.75) is 0 Å². The highest BCUT2D eigenvalue weighted by Crippen LogP contribution is 2.18. The summed E-state index contributed by atoms with van der Waals surface area (Å²) in [7, 11) is 0. The fourth-order valence-electron chi connectivity index (χ4n) is 1.00. The third-order valence-corrected chi connectivity index (χ3v) is 2.03. The molecule has 0 aliphatic rings. The van der Waals surface area contributed by atoms with Crippen molar-refractivity contribution in [3.8, 4) is 11.4 Å². The number of tetrazole rings is 1. The van der Waals surface area contributed by atoms with Crippen LogP contribution in [0.3, 0.4) is 0 Å². The first-order valence-electron chi connectivity index (χ1n) is 3.60. The molecule has 1 aromatic heterocycles. The van der Waals surface area contributed by atoms with Crippen LogP contribution in [0.5, 0.6) is 0 Å². The second-order valence-electron chi connectivity index (χ2n) is 2.41. The van der Waals surface area contributed by atoms with Gasteiger partial charge in [0.2, 0.25) is 5.82 Å². The summed E-state index contributed by atoms with van der Waals surface area (Å²) in [6.45, 7) is 0. The zero-order valence-corrected chi connectivity index (χ0v) is 10.6. The number of H-pyrrole nitrogens is 1. The van der Waals surface area contributed by atoms with Crippen LogP contribution in [0, 0.1) is 0 Å². The van der Waals surface area contributed by atoms with E-state index in [4.69, 9.17) is 0 Å².